The fourth-order valence-electron chi connectivity index (χ4n) is 0.983. The number of benzene rings is 1. The van der Waals surface area contributed by atoms with Gasteiger partial charge >= 0.3 is 5.97 Å². The minimum Gasteiger partial charge on any atom is -0.504 e. The van der Waals surface area contributed by atoms with Crippen molar-refractivity contribution in [2.24, 2.45) is 5.90 Å². The van der Waals surface area contributed by atoms with Gasteiger partial charge in [0.1, 0.15) is 0 Å². The van der Waals surface area contributed by atoms with Crippen molar-refractivity contribution in [3.05, 3.63) is 23.8 Å². The lowest BCUT2D eigenvalue weighted by atomic mass is 10.1. The Kier molecular flexibility index (Phi) is 2.90. The van der Waals surface area contributed by atoms with Crippen LogP contribution in [0, 0.1) is 0 Å². The number of phenols is 2. The minimum absolute atomic E-state index is 0.148. The molecule has 6 nitrogen and oxygen atoms in total. The van der Waals surface area contributed by atoms with Gasteiger partial charge in [-0.3, -0.25) is 4.84 Å². The number of carbonyl (C=O) groups is 1. The molecule has 0 fully saturated rings. The van der Waals surface area contributed by atoms with Crippen molar-refractivity contribution in [2.75, 3.05) is 0 Å². The van der Waals surface area contributed by atoms with Gasteiger partial charge in [0.15, 0.2) is 11.5 Å². The summed E-state index contributed by atoms with van der Waals surface area (Å²) in [7, 11) is 0. The second-order valence-electron chi connectivity index (χ2n) is 2.60. The summed E-state index contributed by atoms with van der Waals surface area (Å²) in [6.45, 7) is 0. The maximum atomic E-state index is 10.6. The predicted molar refractivity (Wildman–Crippen MR) is 45.4 cm³/mol. The molecule has 5 N–H and O–H groups in total. The molecule has 76 valence electrons. The van der Waals surface area contributed by atoms with Crippen LogP contribution in [-0.2, 0) is 9.63 Å². The van der Waals surface area contributed by atoms with Crippen molar-refractivity contribution in [3.63, 3.8) is 0 Å². The first-order chi connectivity index (χ1) is 6.56. The highest BCUT2D eigenvalue weighted by Gasteiger charge is 2.20. The Labute approximate surface area is 79.1 Å². The lowest BCUT2D eigenvalue weighted by Crippen LogP contribution is -2.18. The highest BCUT2D eigenvalue weighted by Crippen LogP contribution is 2.28. The van der Waals surface area contributed by atoms with Gasteiger partial charge in [0.05, 0.1) is 0 Å². The monoisotopic (exact) mass is 199 g/mol. The van der Waals surface area contributed by atoms with E-state index in [0.29, 0.717) is 0 Å². The lowest BCUT2D eigenvalue weighted by molar-refractivity contribution is -0.151. The maximum absolute atomic E-state index is 10.6. The van der Waals surface area contributed by atoms with Crippen molar-refractivity contribution in [2.45, 2.75) is 6.10 Å². The van der Waals surface area contributed by atoms with Gasteiger partial charge < -0.3 is 15.3 Å². The second-order valence-corrected chi connectivity index (χ2v) is 2.60. The van der Waals surface area contributed by atoms with Gasteiger partial charge in [-0.15, -0.1) is 0 Å². The summed E-state index contributed by atoms with van der Waals surface area (Å²) >= 11 is 0. The molecular weight excluding hydrogens is 190 g/mol. The van der Waals surface area contributed by atoms with Gasteiger partial charge in [-0.2, -0.15) is 0 Å². The number of aliphatic carboxylic acids is 1. The molecule has 0 saturated heterocycles. The van der Waals surface area contributed by atoms with Gasteiger partial charge in [0.25, 0.3) is 0 Å². The molecule has 14 heavy (non-hydrogen) atoms. The number of nitrogens with two attached hydrogens (primary N) is 1. The van der Waals surface area contributed by atoms with Gasteiger partial charge in [-0.25, -0.2) is 10.7 Å². The molecule has 0 radical (unpaired) electrons. The van der Waals surface area contributed by atoms with Gasteiger partial charge in [0, 0.05) is 0 Å². The molecule has 6 heteroatoms. The third kappa shape index (κ3) is 1.93. The third-order valence-corrected chi connectivity index (χ3v) is 1.66. The number of hydrogen-bond acceptors (Lipinski definition) is 5. The Morgan fingerprint density at radius 2 is 2.00 bits per heavy atom. The first-order valence-corrected chi connectivity index (χ1v) is 3.66. The van der Waals surface area contributed by atoms with Crippen LogP contribution in [0.15, 0.2) is 18.2 Å². The van der Waals surface area contributed by atoms with E-state index in [1.165, 1.54) is 6.07 Å². The first-order valence-electron chi connectivity index (χ1n) is 3.66. The van der Waals surface area contributed by atoms with Crippen LogP contribution in [0.1, 0.15) is 11.7 Å². The Bertz CT molecular complexity index is 352. The summed E-state index contributed by atoms with van der Waals surface area (Å²) in [6, 6.07) is 3.52. The molecule has 0 aromatic heterocycles. The largest absolute Gasteiger partial charge is 0.504 e. The van der Waals surface area contributed by atoms with Crippen molar-refractivity contribution in [1.29, 1.82) is 0 Å². The Hall–Kier alpha value is -1.79. The maximum Gasteiger partial charge on any atom is 0.339 e. The van der Waals surface area contributed by atoms with Crippen LogP contribution in [0.5, 0.6) is 11.5 Å². The fraction of sp³-hybridized carbons (Fsp3) is 0.125. The molecule has 0 saturated carbocycles. The minimum atomic E-state index is -1.36. The number of phenolic OH excluding ortho intramolecular Hbond substituents is 2. The van der Waals surface area contributed by atoms with E-state index >= 15 is 0 Å². The molecule has 0 bridgehead atoms. The number of rotatable bonds is 3. The van der Waals surface area contributed by atoms with Crippen molar-refractivity contribution < 1.29 is 25.0 Å². The van der Waals surface area contributed by atoms with Crippen LogP contribution >= 0.6 is 0 Å². The molecule has 0 aliphatic carbocycles. The topological polar surface area (TPSA) is 113 Å². The lowest BCUT2D eigenvalue weighted by Gasteiger charge is -2.10. The smallest absolute Gasteiger partial charge is 0.339 e. The summed E-state index contributed by atoms with van der Waals surface area (Å²) in [4.78, 5) is 14.8. The van der Waals surface area contributed by atoms with Crippen molar-refractivity contribution in [3.8, 4) is 11.5 Å². The number of carboxylic acid groups (broad SMARTS) is 1. The quantitative estimate of drug-likeness (QED) is 0.406. The fourth-order valence-corrected chi connectivity index (χ4v) is 0.983. The summed E-state index contributed by atoms with van der Waals surface area (Å²) in [5.74, 6) is 2.73. The third-order valence-electron chi connectivity index (χ3n) is 1.66. The molecule has 1 aromatic carbocycles. The number of carboxylic acids is 1. The molecule has 0 spiro atoms. The average molecular weight is 199 g/mol. The molecule has 0 aliphatic heterocycles. The number of hydrogen-bond donors (Lipinski definition) is 4. The highest BCUT2D eigenvalue weighted by molar-refractivity contribution is 5.74. The second kappa shape index (κ2) is 3.95. The van der Waals surface area contributed by atoms with E-state index in [9.17, 15) is 4.79 Å². The zero-order valence-electron chi connectivity index (χ0n) is 7.04. The standard InChI is InChI=1S/C8H9NO5/c9-14-7(8(12)13)4-1-2-5(10)6(11)3-4/h1-3,7,10-11H,9H2,(H,12,13)/t7-/m0/s1. The molecule has 1 atom stereocenters. The molecule has 1 aromatic rings. The summed E-state index contributed by atoms with van der Waals surface area (Å²) < 4.78 is 0. The van der Waals surface area contributed by atoms with Crippen molar-refractivity contribution >= 4 is 5.97 Å². The molecule has 1 rings (SSSR count). The van der Waals surface area contributed by atoms with Gasteiger partial charge in [0.2, 0.25) is 6.10 Å². The van der Waals surface area contributed by atoms with E-state index in [-0.39, 0.29) is 11.3 Å². The van der Waals surface area contributed by atoms with Gasteiger partial charge in [-0.05, 0) is 17.7 Å². The number of aromatic hydroxyl groups is 2. The predicted octanol–water partition coefficient (Wildman–Crippen LogP) is 0.114. The van der Waals surface area contributed by atoms with Crippen LogP contribution in [0.25, 0.3) is 0 Å². The van der Waals surface area contributed by atoms with Crippen LogP contribution in [0.4, 0.5) is 0 Å². The molecule has 0 aliphatic rings. The zero-order chi connectivity index (χ0) is 10.7. The van der Waals surface area contributed by atoms with E-state index in [1.807, 2.05) is 0 Å². The summed E-state index contributed by atoms with van der Waals surface area (Å²) in [6.07, 6.45) is -1.36. The van der Waals surface area contributed by atoms with Gasteiger partial charge in [-0.1, -0.05) is 6.07 Å². The normalized spacial score (nSPS) is 12.4. The van der Waals surface area contributed by atoms with E-state index < -0.39 is 17.8 Å². The van der Waals surface area contributed by atoms with E-state index in [1.54, 1.807) is 0 Å². The summed E-state index contributed by atoms with van der Waals surface area (Å²) in [5.41, 5.74) is 0.148. The Balaban J connectivity index is 3.06. The molecule has 0 unspecified atom stereocenters. The average Bonchev–Trinajstić information content (AvgIpc) is 2.11. The first kappa shape index (κ1) is 10.3. The zero-order valence-corrected chi connectivity index (χ0v) is 7.04. The van der Waals surface area contributed by atoms with Crippen LogP contribution in [0.3, 0.4) is 0 Å². The molecule has 0 amide bonds. The van der Waals surface area contributed by atoms with Crippen LogP contribution in [-0.4, -0.2) is 21.3 Å². The van der Waals surface area contributed by atoms with E-state index in [2.05, 4.69) is 4.84 Å². The Morgan fingerprint density at radius 1 is 1.36 bits per heavy atom. The van der Waals surface area contributed by atoms with E-state index in [0.717, 1.165) is 12.1 Å². The summed E-state index contributed by atoms with van der Waals surface area (Å²) in [5, 5.41) is 26.7. The van der Waals surface area contributed by atoms with E-state index in [4.69, 9.17) is 21.2 Å². The van der Waals surface area contributed by atoms with Crippen LogP contribution < -0.4 is 5.90 Å². The molecular formula is C8H9NO5. The Morgan fingerprint density at radius 3 is 2.43 bits per heavy atom. The van der Waals surface area contributed by atoms with Crippen molar-refractivity contribution in [1.82, 2.24) is 0 Å². The van der Waals surface area contributed by atoms with Crippen LogP contribution in [0.2, 0.25) is 0 Å². The molecule has 0 heterocycles. The highest BCUT2D eigenvalue weighted by atomic mass is 16.6. The SMILES string of the molecule is NO[C@H](C(=O)O)c1ccc(O)c(O)c1.